The lowest BCUT2D eigenvalue weighted by molar-refractivity contribution is 0.429. The van der Waals surface area contributed by atoms with Crippen LogP contribution in [-0.4, -0.2) is 6.17 Å². The zero-order valence-electron chi connectivity index (χ0n) is 10.5. The predicted molar refractivity (Wildman–Crippen MR) is 68.1 cm³/mol. The molecular weight excluding hydrogens is 196 g/mol. The Labute approximate surface area is 97.8 Å². The summed E-state index contributed by atoms with van der Waals surface area (Å²) in [7, 11) is 0. The van der Waals surface area contributed by atoms with Gasteiger partial charge < -0.3 is 5.32 Å². The first-order chi connectivity index (χ1) is 7.58. The zero-order valence-corrected chi connectivity index (χ0v) is 10.5. The molecule has 1 heterocycles. The Morgan fingerprint density at radius 1 is 1.06 bits per heavy atom. The Morgan fingerprint density at radius 2 is 1.69 bits per heavy atom. The van der Waals surface area contributed by atoms with Crippen LogP contribution in [0.25, 0.3) is 0 Å². The lowest BCUT2D eigenvalue weighted by Crippen LogP contribution is -2.44. The van der Waals surface area contributed by atoms with Gasteiger partial charge >= 0.3 is 0 Å². The fourth-order valence-corrected chi connectivity index (χ4v) is 2.48. The number of allylic oxidation sites excluding steroid dienone is 1. The van der Waals surface area contributed by atoms with Crippen LogP contribution in [0.2, 0.25) is 0 Å². The molecule has 1 aliphatic heterocycles. The molecule has 2 heteroatoms. The van der Waals surface area contributed by atoms with Crippen molar-refractivity contribution >= 4 is 0 Å². The van der Waals surface area contributed by atoms with Crippen LogP contribution in [0.1, 0.15) is 36.6 Å². The third-order valence-corrected chi connectivity index (χ3v) is 3.14. The first kappa shape index (κ1) is 11.2. The molecule has 2 N–H and O–H groups in total. The summed E-state index contributed by atoms with van der Waals surface area (Å²) in [5, 5.41) is 6.93. The summed E-state index contributed by atoms with van der Waals surface area (Å²) in [5.41, 5.74) is 5.38. The monoisotopic (exact) mass is 216 g/mol. The van der Waals surface area contributed by atoms with Crippen molar-refractivity contribution in [2.75, 3.05) is 0 Å². The van der Waals surface area contributed by atoms with Crippen LogP contribution in [0.5, 0.6) is 0 Å². The van der Waals surface area contributed by atoms with E-state index >= 15 is 0 Å². The number of hydrogen-bond donors (Lipinski definition) is 2. The van der Waals surface area contributed by atoms with E-state index in [4.69, 9.17) is 0 Å². The Hall–Kier alpha value is -1.28. The van der Waals surface area contributed by atoms with E-state index in [1.807, 2.05) is 0 Å². The molecule has 1 aliphatic rings. The molecule has 2 unspecified atom stereocenters. The molecule has 0 bridgehead atoms. The highest BCUT2D eigenvalue weighted by molar-refractivity contribution is 5.39. The van der Waals surface area contributed by atoms with E-state index in [-0.39, 0.29) is 0 Å². The van der Waals surface area contributed by atoms with Crippen molar-refractivity contribution in [3.05, 3.63) is 46.7 Å². The minimum atomic E-state index is 0.328. The van der Waals surface area contributed by atoms with E-state index in [9.17, 15) is 0 Å². The van der Waals surface area contributed by atoms with Gasteiger partial charge in [0.05, 0.1) is 12.2 Å². The molecular formula is C14H20N2. The van der Waals surface area contributed by atoms with Gasteiger partial charge in [0.2, 0.25) is 0 Å². The van der Waals surface area contributed by atoms with E-state index in [0.29, 0.717) is 12.2 Å². The maximum Gasteiger partial charge on any atom is 0.0743 e. The molecule has 2 atom stereocenters. The molecule has 16 heavy (non-hydrogen) atoms. The van der Waals surface area contributed by atoms with Crippen LogP contribution < -0.4 is 10.6 Å². The standard InChI is InChI=1S/C14H20N2/c1-9-6-5-7-10(2)14(9)13-8-11(3)15-12(4)16-13/h5-8,12-13,15-16H,1-4H3. The molecule has 1 aromatic carbocycles. The van der Waals surface area contributed by atoms with E-state index in [1.165, 1.54) is 22.4 Å². The van der Waals surface area contributed by atoms with Crippen LogP contribution in [-0.2, 0) is 0 Å². The molecule has 0 saturated carbocycles. The Bertz CT molecular complexity index is 400. The summed E-state index contributed by atoms with van der Waals surface area (Å²) < 4.78 is 0. The zero-order chi connectivity index (χ0) is 11.7. The highest BCUT2D eigenvalue weighted by Crippen LogP contribution is 2.25. The average molecular weight is 216 g/mol. The van der Waals surface area contributed by atoms with Crippen molar-refractivity contribution in [1.29, 1.82) is 0 Å². The van der Waals surface area contributed by atoms with Crippen molar-refractivity contribution in [3.63, 3.8) is 0 Å². The van der Waals surface area contributed by atoms with Gasteiger partial charge in [-0.05, 0) is 50.5 Å². The molecule has 0 saturated heterocycles. The minimum absolute atomic E-state index is 0.328. The lowest BCUT2D eigenvalue weighted by Gasteiger charge is -2.30. The summed E-state index contributed by atoms with van der Waals surface area (Å²) in [6, 6.07) is 6.81. The fourth-order valence-electron chi connectivity index (χ4n) is 2.48. The van der Waals surface area contributed by atoms with Gasteiger partial charge in [-0.1, -0.05) is 18.2 Å². The molecule has 86 valence electrons. The van der Waals surface area contributed by atoms with Crippen LogP contribution in [0, 0.1) is 13.8 Å². The van der Waals surface area contributed by atoms with Crippen molar-refractivity contribution in [3.8, 4) is 0 Å². The van der Waals surface area contributed by atoms with Crippen molar-refractivity contribution in [1.82, 2.24) is 10.6 Å². The smallest absolute Gasteiger partial charge is 0.0743 e. The van der Waals surface area contributed by atoms with Gasteiger partial charge in [-0.15, -0.1) is 0 Å². The summed E-state index contributed by atoms with van der Waals surface area (Å²) in [6.45, 7) is 8.63. The van der Waals surface area contributed by atoms with Gasteiger partial charge in [0, 0.05) is 5.70 Å². The average Bonchev–Trinajstić information content (AvgIpc) is 2.15. The maximum atomic E-state index is 3.56. The number of benzene rings is 1. The molecule has 2 nitrogen and oxygen atoms in total. The van der Waals surface area contributed by atoms with Crippen LogP contribution in [0.3, 0.4) is 0 Å². The summed E-state index contributed by atoms with van der Waals surface area (Å²) in [6.07, 6.45) is 2.59. The Balaban J connectivity index is 2.41. The van der Waals surface area contributed by atoms with Gasteiger partial charge in [-0.25, -0.2) is 0 Å². The van der Waals surface area contributed by atoms with E-state index in [0.717, 1.165) is 0 Å². The second-order valence-corrected chi connectivity index (χ2v) is 4.67. The number of aryl methyl sites for hydroxylation is 2. The van der Waals surface area contributed by atoms with Crippen LogP contribution >= 0.6 is 0 Å². The first-order valence-electron chi connectivity index (χ1n) is 5.85. The molecule has 0 amide bonds. The topological polar surface area (TPSA) is 24.1 Å². The SMILES string of the molecule is CC1=CC(c2c(C)cccc2C)NC(C)N1. The third kappa shape index (κ3) is 2.12. The van der Waals surface area contributed by atoms with E-state index in [2.05, 4.69) is 62.6 Å². The van der Waals surface area contributed by atoms with Gasteiger partial charge in [0.25, 0.3) is 0 Å². The second-order valence-electron chi connectivity index (χ2n) is 4.67. The predicted octanol–water partition coefficient (Wildman–Crippen LogP) is 2.79. The normalized spacial score (nSPS) is 24.9. The van der Waals surface area contributed by atoms with Gasteiger partial charge in [-0.2, -0.15) is 0 Å². The van der Waals surface area contributed by atoms with E-state index < -0.39 is 0 Å². The van der Waals surface area contributed by atoms with Crippen LogP contribution in [0.4, 0.5) is 0 Å². The fraction of sp³-hybridized carbons (Fsp3) is 0.429. The first-order valence-corrected chi connectivity index (χ1v) is 5.85. The third-order valence-electron chi connectivity index (χ3n) is 3.14. The quantitative estimate of drug-likeness (QED) is 0.754. The van der Waals surface area contributed by atoms with Crippen molar-refractivity contribution in [2.24, 2.45) is 0 Å². The number of hydrogen-bond acceptors (Lipinski definition) is 2. The maximum absolute atomic E-state index is 3.56. The van der Waals surface area contributed by atoms with Gasteiger partial charge in [0.1, 0.15) is 0 Å². The van der Waals surface area contributed by atoms with E-state index in [1.54, 1.807) is 0 Å². The largest absolute Gasteiger partial charge is 0.374 e. The number of rotatable bonds is 1. The molecule has 2 rings (SSSR count). The molecule has 0 fully saturated rings. The second kappa shape index (κ2) is 4.30. The number of nitrogens with one attached hydrogen (secondary N) is 2. The summed E-state index contributed by atoms with van der Waals surface area (Å²) >= 11 is 0. The molecule has 0 aromatic heterocycles. The summed E-state index contributed by atoms with van der Waals surface area (Å²) in [4.78, 5) is 0. The molecule has 1 aromatic rings. The van der Waals surface area contributed by atoms with Crippen LogP contribution in [0.15, 0.2) is 30.0 Å². The highest BCUT2D eigenvalue weighted by Gasteiger charge is 2.19. The van der Waals surface area contributed by atoms with Gasteiger partial charge in [0.15, 0.2) is 0 Å². The molecule has 0 aliphatic carbocycles. The highest BCUT2D eigenvalue weighted by atomic mass is 15.2. The molecule has 0 spiro atoms. The Morgan fingerprint density at radius 3 is 2.25 bits per heavy atom. The van der Waals surface area contributed by atoms with Gasteiger partial charge in [-0.3, -0.25) is 5.32 Å². The van der Waals surface area contributed by atoms with Crippen molar-refractivity contribution in [2.45, 2.75) is 39.9 Å². The summed E-state index contributed by atoms with van der Waals surface area (Å²) in [5.74, 6) is 0. The Kier molecular flexibility index (Phi) is 3.01. The minimum Gasteiger partial charge on any atom is -0.374 e. The molecule has 0 radical (unpaired) electrons. The van der Waals surface area contributed by atoms with Crippen molar-refractivity contribution < 1.29 is 0 Å². The lowest BCUT2D eigenvalue weighted by atomic mass is 9.94.